The van der Waals surface area contributed by atoms with E-state index in [1.165, 1.54) is 7.11 Å². The number of carbonyl (C=O) groups is 3. The molecule has 1 rings (SSSR count). The molecule has 1 amide bonds. The summed E-state index contributed by atoms with van der Waals surface area (Å²) in [6, 6.07) is 5.11. The minimum absolute atomic E-state index is 0.00838. The zero-order valence-corrected chi connectivity index (χ0v) is 13.8. The molecule has 7 heteroatoms. The van der Waals surface area contributed by atoms with Crippen molar-refractivity contribution >= 4 is 33.6 Å². The molecular formula is C15H18BrNO5. The van der Waals surface area contributed by atoms with Crippen molar-refractivity contribution in [3.63, 3.8) is 0 Å². The first kappa shape index (κ1) is 18.2. The highest BCUT2D eigenvalue weighted by molar-refractivity contribution is 9.10. The number of nitrogens with one attached hydrogen (secondary N) is 1. The quantitative estimate of drug-likeness (QED) is 0.513. The Bertz CT molecular complexity index is 559. The summed E-state index contributed by atoms with van der Waals surface area (Å²) in [5, 5.41) is 11.1. The molecule has 1 aromatic rings. The molecule has 22 heavy (non-hydrogen) atoms. The van der Waals surface area contributed by atoms with E-state index in [4.69, 9.17) is 9.84 Å². The Kier molecular flexibility index (Phi) is 7.59. The molecule has 120 valence electrons. The van der Waals surface area contributed by atoms with E-state index in [-0.39, 0.29) is 31.0 Å². The number of ether oxygens (including phenoxy) is 1. The molecule has 0 saturated carbocycles. The number of aliphatic carboxylic acids is 1. The molecule has 0 aliphatic carbocycles. The largest absolute Gasteiger partial charge is 0.496 e. The van der Waals surface area contributed by atoms with Gasteiger partial charge in [0.2, 0.25) is 5.91 Å². The second-order valence-corrected chi connectivity index (χ2v) is 5.53. The molecular weight excluding hydrogens is 354 g/mol. The highest BCUT2D eigenvalue weighted by Crippen LogP contribution is 2.24. The van der Waals surface area contributed by atoms with Crippen molar-refractivity contribution in [1.82, 2.24) is 5.32 Å². The molecule has 0 aliphatic rings. The molecule has 2 N–H and O–H groups in total. The Morgan fingerprint density at radius 2 is 1.95 bits per heavy atom. The van der Waals surface area contributed by atoms with Crippen LogP contribution in [-0.2, 0) is 9.59 Å². The number of rotatable bonds is 9. The number of halogens is 1. The van der Waals surface area contributed by atoms with Crippen LogP contribution < -0.4 is 10.1 Å². The van der Waals surface area contributed by atoms with E-state index in [1.807, 2.05) is 0 Å². The predicted molar refractivity (Wildman–Crippen MR) is 84.1 cm³/mol. The maximum absolute atomic E-state index is 12.1. The van der Waals surface area contributed by atoms with E-state index in [0.29, 0.717) is 24.3 Å². The Morgan fingerprint density at radius 3 is 2.59 bits per heavy atom. The number of Topliss-reactive ketones (excluding diaryl/α,β-unsaturated/α-hetero) is 1. The van der Waals surface area contributed by atoms with Gasteiger partial charge in [-0.05, 0) is 24.6 Å². The van der Waals surface area contributed by atoms with Gasteiger partial charge in [-0.2, -0.15) is 0 Å². The smallest absolute Gasteiger partial charge is 0.303 e. The zero-order chi connectivity index (χ0) is 16.5. The van der Waals surface area contributed by atoms with Crippen LogP contribution in [-0.4, -0.2) is 36.4 Å². The lowest BCUT2D eigenvalue weighted by Gasteiger charge is -2.08. The fourth-order valence-electron chi connectivity index (χ4n) is 1.82. The summed E-state index contributed by atoms with van der Waals surface area (Å²) in [7, 11) is 1.48. The molecule has 1 aromatic carbocycles. The van der Waals surface area contributed by atoms with Crippen LogP contribution in [0.3, 0.4) is 0 Å². The minimum Gasteiger partial charge on any atom is -0.496 e. The molecule has 0 bridgehead atoms. The molecule has 6 nitrogen and oxygen atoms in total. The van der Waals surface area contributed by atoms with E-state index in [1.54, 1.807) is 18.2 Å². The molecule has 0 unspecified atom stereocenters. The third-order valence-electron chi connectivity index (χ3n) is 2.93. The SMILES string of the molecule is COc1ccc(Br)cc1C(=O)CCC(=O)NCCCC(=O)O. The lowest BCUT2D eigenvalue weighted by molar-refractivity contribution is -0.137. The average molecular weight is 372 g/mol. The van der Waals surface area contributed by atoms with Crippen LogP contribution in [0.4, 0.5) is 0 Å². The zero-order valence-electron chi connectivity index (χ0n) is 12.2. The Balaban J connectivity index is 2.44. The number of hydrogen-bond acceptors (Lipinski definition) is 4. The summed E-state index contributed by atoms with van der Waals surface area (Å²) in [6.07, 6.45) is 0.502. The van der Waals surface area contributed by atoms with Gasteiger partial charge in [0.1, 0.15) is 5.75 Å². The lowest BCUT2D eigenvalue weighted by atomic mass is 10.1. The molecule has 0 fully saturated rings. The molecule has 0 saturated heterocycles. The van der Waals surface area contributed by atoms with Gasteiger partial charge in [-0.25, -0.2) is 0 Å². The van der Waals surface area contributed by atoms with Crippen LogP contribution in [0.2, 0.25) is 0 Å². The van der Waals surface area contributed by atoms with Gasteiger partial charge in [-0.3, -0.25) is 14.4 Å². The number of carboxylic acids is 1. The standard InChI is InChI=1S/C15H18BrNO5/c1-22-13-6-4-10(16)9-11(13)12(18)5-7-14(19)17-8-2-3-15(20)21/h4,6,9H,2-3,5,7-8H2,1H3,(H,17,19)(H,20,21). The number of benzene rings is 1. The molecule has 0 heterocycles. The third kappa shape index (κ3) is 6.26. The summed E-state index contributed by atoms with van der Waals surface area (Å²) in [4.78, 5) is 34.1. The fourth-order valence-corrected chi connectivity index (χ4v) is 2.18. The van der Waals surface area contributed by atoms with Gasteiger partial charge in [0.25, 0.3) is 0 Å². The normalized spacial score (nSPS) is 10.1. The number of carbonyl (C=O) groups excluding carboxylic acids is 2. The minimum atomic E-state index is -0.897. The Labute approximate surface area is 137 Å². The maximum atomic E-state index is 12.1. The molecule has 0 aliphatic heterocycles. The van der Waals surface area contributed by atoms with Gasteiger partial charge in [0.15, 0.2) is 5.78 Å². The number of ketones is 1. The van der Waals surface area contributed by atoms with Crippen molar-refractivity contribution in [3.8, 4) is 5.75 Å². The van der Waals surface area contributed by atoms with Crippen LogP contribution in [0, 0.1) is 0 Å². The van der Waals surface area contributed by atoms with Crippen molar-refractivity contribution in [2.24, 2.45) is 0 Å². The number of amides is 1. The second kappa shape index (κ2) is 9.19. The van der Waals surface area contributed by atoms with E-state index in [2.05, 4.69) is 21.2 Å². The fraction of sp³-hybridized carbons (Fsp3) is 0.400. The topological polar surface area (TPSA) is 92.7 Å². The first-order valence-corrected chi connectivity index (χ1v) is 7.58. The molecule has 0 spiro atoms. The van der Waals surface area contributed by atoms with Gasteiger partial charge in [0, 0.05) is 30.3 Å². The summed E-state index contributed by atoms with van der Waals surface area (Å²) in [6.45, 7) is 0.291. The van der Waals surface area contributed by atoms with Crippen LogP contribution >= 0.6 is 15.9 Å². The summed E-state index contributed by atoms with van der Waals surface area (Å²) < 4.78 is 5.89. The summed E-state index contributed by atoms with van der Waals surface area (Å²) >= 11 is 3.29. The third-order valence-corrected chi connectivity index (χ3v) is 3.42. The predicted octanol–water partition coefficient (Wildman–Crippen LogP) is 2.40. The van der Waals surface area contributed by atoms with E-state index < -0.39 is 5.97 Å². The Hall–Kier alpha value is -1.89. The average Bonchev–Trinajstić information content (AvgIpc) is 2.49. The highest BCUT2D eigenvalue weighted by atomic mass is 79.9. The number of hydrogen-bond donors (Lipinski definition) is 2. The van der Waals surface area contributed by atoms with E-state index >= 15 is 0 Å². The Morgan fingerprint density at radius 1 is 1.23 bits per heavy atom. The molecule has 0 radical (unpaired) electrons. The van der Waals surface area contributed by atoms with Gasteiger partial charge in [-0.15, -0.1) is 0 Å². The molecule has 0 atom stereocenters. The first-order chi connectivity index (χ1) is 10.4. The van der Waals surface area contributed by atoms with Crippen molar-refractivity contribution in [3.05, 3.63) is 28.2 Å². The van der Waals surface area contributed by atoms with Crippen molar-refractivity contribution in [1.29, 1.82) is 0 Å². The van der Waals surface area contributed by atoms with Crippen molar-refractivity contribution in [2.45, 2.75) is 25.7 Å². The number of methoxy groups -OCH3 is 1. The van der Waals surface area contributed by atoms with Crippen LogP contribution in [0.25, 0.3) is 0 Å². The summed E-state index contributed by atoms with van der Waals surface area (Å²) in [5.74, 6) is -0.882. The summed E-state index contributed by atoms with van der Waals surface area (Å²) in [5.41, 5.74) is 0.426. The van der Waals surface area contributed by atoms with Crippen LogP contribution in [0.15, 0.2) is 22.7 Å². The van der Waals surface area contributed by atoms with Gasteiger partial charge < -0.3 is 15.2 Å². The molecule has 0 aromatic heterocycles. The van der Waals surface area contributed by atoms with Gasteiger partial charge in [-0.1, -0.05) is 15.9 Å². The van der Waals surface area contributed by atoms with E-state index in [9.17, 15) is 14.4 Å². The van der Waals surface area contributed by atoms with Gasteiger partial charge >= 0.3 is 5.97 Å². The lowest BCUT2D eigenvalue weighted by Crippen LogP contribution is -2.25. The highest BCUT2D eigenvalue weighted by Gasteiger charge is 2.14. The van der Waals surface area contributed by atoms with Crippen LogP contribution in [0.5, 0.6) is 5.75 Å². The number of carboxylic acid groups (broad SMARTS) is 1. The first-order valence-electron chi connectivity index (χ1n) is 6.79. The second-order valence-electron chi connectivity index (χ2n) is 4.62. The van der Waals surface area contributed by atoms with E-state index in [0.717, 1.165) is 4.47 Å². The monoisotopic (exact) mass is 371 g/mol. The van der Waals surface area contributed by atoms with Crippen molar-refractivity contribution in [2.75, 3.05) is 13.7 Å². The van der Waals surface area contributed by atoms with Crippen molar-refractivity contribution < 1.29 is 24.2 Å². The van der Waals surface area contributed by atoms with Crippen LogP contribution in [0.1, 0.15) is 36.0 Å². The maximum Gasteiger partial charge on any atom is 0.303 e. The van der Waals surface area contributed by atoms with Gasteiger partial charge in [0.05, 0.1) is 12.7 Å².